The minimum Gasteiger partial charge on any atom is -0.382 e. The Bertz CT molecular complexity index is 657. The molecule has 1 aliphatic rings. The fraction of sp³-hybridized carbons (Fsp3) is 0.235. The van der Waals surface area contributed by atoms with Gasteiger partial charge in [-0.05, 0) is 30.2 Å². The van der Waals surface area contributed by atoms with E-state index in [1.165, 1.54) is 11.6 Å². The predicted octanol–water partition coefficient (Wildman–Crippen LogP) is 3.22. The Morgan fingerprint density at radius 2 is 1.90 bits per heavy atom. The van der Waals surface area contributed by atoms with Crippen LogP contribution in [0.3, 0.4) is 0 Å². The highest BCUT2D eigenvalue weighted by Crippen LogP contribution is 2.27. The first kappa shape index (κ1) is 13.6. The first-order valence-corrected chi connectivity index (χ1v) is 7.12. The van der Waals surface area contributed by atoms with Crippen LogP contribution in [-0.2, 0) is 11.2 Å². The van der Waals surface area contributed by atoms with E-state index in [-0.39, 0.29) is 11.7 Å². The third-order valence-electron chi connectivity index (χ3n) is 3.72. The molecule has 0 aliphatic carbocycles. The van der Waals surface area contributed by atoms with Gasteiger partial charge in [-0.1, -0.05) is 30.3 Å². The number of carbonyl (C=O) groups is 1. The average molecular weight is 284 g/mol. The van der Waals surface area contributed by atoms with Gasteiger partial charge in [0.1, 0.15) is 5.82 Å². The number of halogens is 1. The average Bonchev–Trinajstić information content (AvgIpc) is 2.93. The highest BCUT2D eigenvalue weighted by molar-refractivity contribution is 5.95. The van der Waals surface area contributed by atoms with Gasteiger partial charge in [0, 0.05) is 25.2 Å². The van der Waals surface area contributed by atoms with Crippen LogP contribution < -0.4 is 10.2 Å². The molecule has 3 nitrogen and oxygen atoms in total. The second kappa shape index (κ2) is 5.95. The molecule has 0 aromatic heterocycles. The Morgan fingerprint density at radius 3 is 2.76 bits per heavy atom. The Balaban J connectivity index is 1.57. The second-order valence-corrected chi connectivity index (χ2v) is 5.08. The Morgan fingerprint density at radius 1 is 1.14 bits per heavy atom. The number of benzene rings is 2. The van der Waals surface area contributed by atoms with Crippen molar-refractivity contribution in [3.05, 3.63) is 59.9 Å². The SMILES string of the molecule is O=C(CCNc1ccccc1F)N1CCc2ccccc21. The van der Waals surface area contributed by atoms with Crippen LogP contribution in [0.2, 0.25) is 0 Å². The number of nitrogens with one attached hydrogen (secondary N) is 1. The van der Waals surface area contributed by atoms with E-state index in [2.05, 4.69) is 11.4 Å². The van der Waals surface area contributed by atoms with E-state index in [0.29, 0.717) is 18.7 Å². The minimum absolute atomic E-state index is 0.0730. The number of amides is 1. The summed E-state index contributed by atoms with van der Waals surface area (Å²) in [5.74, 6) is -0.222. The lowest BCUT2D eigenvalue weighted by molar-refractivity contribution is -0.118. The first-order chi connectivity index (χ1) is 10.3. The number of nitrogens with zero attached hydrogens (tertiary/aromatic N) is 1. The summed E-state index contributed by atoms with van der Waals surface area (Å²) in [7, 11) is 0. The topological polar surface area (TPSA) is 32.3 Å². The number of carbonyl (C=O) groups excluding carboxylic acids is 1. The standard InChI is InChI=1S/C17H17FN2O/c18-14-6-2-3-7-15(14)19-11-9-17(21)20-12-10-13-5-1-4-8-16(13)20/h1-8,19H,9-12H2. The van der Waals surface area contributed by atoms with Crippen molar-refractivity contribution in [3.63, 3.8) is 0 Å². The predicted molar refractivity (Wildman–Crippen MR) is 82.0 cm³/mol. The number of fused-ring (bicyclic) bond motifs is 1. The molecule has 0 radical (unpaired) electrons. The maximum atomic E-state index is 13.5. The van der Waals surface area contributed by atoms with Crippen LogP contribution in [0.25, 0.3) is 0 Å². The maximum Gasteiger partial charge on any atom is 0.228 e. The summed E-state index contributed by atoms with van der Waals surface area (Å²) >= 11 is 0. The van der Waals surface area contributed by atoms with E-state index in [1.54, 1.807) is 18.2 Å². The molecule has 1 aliphatic heterocycles. The van der Waals surface area contributed by atoms with Gasteiger partial charge in [-0.3, -0.25) is 4.79 Å². The van der Waals surface area contributed by atoms with Crippen LogP contribution in [0.5, 0.6) is 0 Å². The van der Waals surface area contributed by atoms with Crippen molar-refractivity contribution >= 4 is 17.3 Å². The number of hydrogen-bond acceptors (Lipinski definition) is 2. The van der Waals surface area contributed by atoms with Gasteiger partial charge in [-0.25, -0.2) is 4.39 Å². The summed E-state index contributed by atoms with van der Waals surface area (Å²) < 4.78 is 13.5. The van der Waals surface area contributed by atoms with Crippen LogP contribution in [0, 0.1) is 5.82 Å². The van der Waals surface area contributed by atoms with Crippen LogP contribution >= 0.6 is 0 Å². The third-order valence-corrected chi connectivity index (χ3v) is 3.72. The van der Waals surface area contributed by atoms with Crippen molar-refractivity contribution in [3.8, 4) is 0 Å². The number of para-hydroxylation sites is 2. The quantitative estimate of drug-likeness (QED) is 0.935. The third kappa shape index (κ3) is 2.89. The molecule has 108 valence electrons. The van der Waals surface area contributed by atoms with Crippen LogP contribution in [0.1, 0.15) is 12.0 Å². The highest BCUT2D eigenvalue weighted by Gasteiger charge is 2.23. The molecule has 2 aromatic rings. The van der Waals surface area contributed by atoms with Gasteiger partial charge in [0.05, 0.1) is 5.69 Å². The van der Waals surface area contributed by atoms with Crippen molar-refractivity contribution in [1.82, 2.24) is 0 Å². The Hall–Kier alpha value is -2.36. The number of hydrogen-bond donors (Lipinski definition) is 1. The lowest BCUT2D eigenvalue weighted by Crippen LogP contribution is -2.30. The molecule has 21 heavy (non-hydrogen) atoms. The van der Waals surface area contributed by atoms with E-state index in [1.807, 2.05) is 23.1 Å². The Labute approximate surface area is 123 Å². The van der Waals surface area contributed by atoms with Gasteiger partial charge in [-0.2, -0.15) is 0 Å². The molecule has 4 heteroatoms. The maximum absolute atomic E-state index is 13.5. The first-order valence-electron chi connectivity index (χ1n) is 7.12. The lowest BCUT2D eigenvalue weighted by atomic mass is 10.2. The molecule has 0 atom stereocenters. The van der Waals surface area contributed by atoms with Gasteiger partial charge in [0.15, 0.2) is 0 Å². The van der Waals surface area contributed by atoms with Crippen molar-refractivity contribution in [2.24, 2.45) is 0 Å². The normalized spacial score (nSPS) is 13.1. The van der Waals surface area contributed by atoms with Crippen LogP contribution in [-0.4, -0.2) is 19.0 Å². The van der Waals surface area contributed by atoms with Gasteiger partial charge in [0.25, 0.3) is 0 Å². The summed E-state index contributed by atoms with van der Waals surface area (Å²) in [4.78, 5) is 14.1. The molecule has 0 saturated heterocycles. The highest BCUT2D eigenvalue weighted by atomic mass is 19.1. The summed E-state index contributed by atoms with van der Waals surface area (Å²) in [6.07, 6.45) is 1.26. The second-order valence-electron chi connectivity index (χ2n) is 5.08. The zero-order valence-electron chi connectivity index (χ0n) is 11.7. The molecule has 1 N–H and O–H groups in total. The minimum atomic E-state index is -0.295. The molecule has 0 bridgehead atoms. The summed E-state index contributed by atoms with van der Waals surface area (Å²) in [6, 6.07) is 14.5. The molecule has 2 aromatic carbocycles. The van der Waals surface area contributed by atoms with Gasteiger partial charge in [-0.15, -0.1) is 0 Å². The zero-order chi connectivity index (χ0) is 14.7. The van der Waals surface area contributed by atoms with E-state index in [4.69, 9.17) is 0 Å². The molecule has 0 spiro atoms. The molecule has 3 rings (SSSR count). The van der Waals surface area contributed by atoms with Crippen molar-refractivity contribution < 1.29 is 9.18 Å². The van der Waals surface area contributed by atoms with Gasteiger partial charge < -0.3 is 10.2 Å². The molecule has 1 heterocycles. The smallest absolute Gasteiger partial charge is 0.228 e. The Kier molecular flexibility index (Phi) is 3.86. The molecular formula is C17H17FN2O. The van der Waals surface area contributed by atoms with E-state index in [9.17, 15) is 9.18 Å². The summed E-state index contributed by atoms with van der Waals surface area (Å²) in [5.41, 5.74) is 2.66. The fourth-order valence-electron chi connectivity index (χ4n) is 2.64. The number of rotatable bonds is 4. The van der Waals surface area contributed by atoms with E-state index >= 15 is 0 Å². The van der Waals surface area contributed by atoms with E-state index in [0.717, 1.165) is 18.7 Å². The van der Waals surface area contributed by atoms with Gasteiger partial charge >= 0.3 is 0 Å². The monoisotopic (exact) mass is 284 g/mol. The summed E-state index contributed by atoms with van der Waals surface area (Å²) in [5, 5.41) is 2.97. The summed E-state index contributed by atoms with van der Waals surface area (Å²) in [6.45, 7) is 1.16. The van der Waals surface area contributed by atoms with Crippen LogP contribution in [0.4, 0.5) is 15.8 Å². The van der Waals surface area contributed by atoms with Crippen molar-refractivity contribution in [2.75, 3.05) is 23.3 Å². The van der Waals surface area contributed by atoms with Crippen molar-refractivity contribution in [2.45, 2.75) is 12.8 Å². The molecule has 1 amide bonds. The lowest BCUT2D eigenvalue weighted by Gasteiger charge is -2.17. The zero-order valence-corrected chi connectivity index (χ0v) is 11.7. The van der Waals surface area contributed by atoms with Gasteiger partial charge in [0.2, 0.25) is 5.91 Å². The molecular weight excluding hydrogens is 267 g/mol. The van der Waals surface area contributed by atoms with Crippen molar-refractivity contribution in [1.29, 1.82) is 0 Å². The van der Waals surface area contributed by atoms with E-state index < -0.39 is 0 Å². The molecule has 0 unspecified atom stereocenters. The fourth-order valence-corrected chi connectivity index (χ4v) is 2.64. The number of anilines is 2. The molecule has 0 fully saturated rings. The van der Waals surface area contributed by atoms with Crippen LogP contribution in [0.15, 0.2) is 48.5 Å². The molecule has 0 saturated carbocycles. The largest absolute Gasteiger partial charge is 0.382 e.